The lowest BCUT2D eigenvalue weighted by molar-refractivity contribution is -0.132. The Morgan fingerprint density at radius 2 is 1.81 bits per heavy atom. The van der Waals surface area contributed by atoms with E-state index < -0.39 is 17.7 Å². The molecular weight excluding hydrogens is 454 g/mol. The van der Waals surface area contributed by atoms with Crippen LogP contribution in [0.3, 0.4) is 0 Å². The Kier molecular flexibility index (Phi) is 5.82. The zero-order valence-electron chi connectivity index (χ0n) is 17.0. The van der Waals surface area contributed by atoms with Gasteiger partial charge in [0, 0.05) is 15.5 Å². The van der Waals surface area contributed by atoms with Crippen LogP contribution in [-0.4, -0.2) is 36.1 Å². The highest BCUT2D eigenvalue weighted by atomic mass is 35.5. The van der Waals surface area contributed by atoms with Gasteiger partial charge >= 0.3 is 0 Å². The van der Waals surface area contributed by atoms with Crippen LogP contribution in [0.2, 0.25) is 5.02 Å². The van der Waals surface area contributed by atoms with E-state index in [0.717, 1.165) is 4.90 Å². The zero-order valence-corrected chi connectivity index (χ0v) is 18.6. The molecule has 0 saturated carbocycles. The minimum atomic E-state index is -0.951. The van der Waals surface area contributed by atoms with Gasteiger partial charge in [-0.2, -0.15) is 0 Å². The molecule has 1 atom stereocenters. The van der Waals surface area contributed by atoms with E-state index in [2.05, 4.69) is 0 Å². The van der Waals surface area contributed by atoms with Gasteiger partial charge in [0.1, 0.15) is 17.6 Å². The largest absolute Gasteiger partial charge is 0.507 e. The Morgan fingerprint density at radius 1 is 1.06 bits per heavy atom. The van der Waals surface area contributed by atoms with Crippen molar-refractivity contribution in [3.63, 3.8) is 0 Å². The number of amides is 1. The molecule has 0 spiro atoms. The Bertz CT molecular complexity index is 1240. The SMILES string of the molecule is COc1ccc(/C(O)=C2/C(=O)C(=O)N(c3cc(Cl)ccc3O)C2c2cccs2)cc1OC. The summed E-state index contributed by atoms with van der Waals surface area (Å²) in [6.45, 7) is 0. The van der Waals surface area contributed by atoms with Gasteiger partial charge in [-0.15, -0.1) is 11.3 Å². The molecule has 9 heteroatoms. The summed E-state index contributed by atoms with van der Waals surface area (Å²) in [4.78, 5) is 28.0. The highest BCUT2D eigenvalue weighted by Gasteiger charge is 2.48. The number of methoxy groups -OCH3 is 2. The highest BCUT2D eigenvalue weighted by molar-refractivity contribution is 7.10. The minimum absolute atomic E-state index is 0.0735. The van der Waals surface area contributed by atoms with Gasteiger partial charge in [-0.05, 0) is 47.8 Å². The molecule has 2 aromatic carbocycles. The Labute approximate surface area is 192 Å². The smallest absolute Gasteiger partial charge is 0.300 e. The van der Waals surface area contributed by atoms with E-state index in [0.29, 0.717) is 16.4 Å². The molecule has 1 unspecified atom stereocenters. The van der Waals surface area contributed by atoms with E-state index in [4.69, 9.17) is 21.1 Å². The molecule has 2 heterocycles. The first-order valence-electron chi connectivity index (χ1n) is 9.42. The number of halogens is 1. The third kappa shape index (κ3) is 3.57. The van der Waals surface area contributed by atoms with Gasteiger partial charge in [-0.3, -0.25) is 14.5 Å². The van der Waals surface area contributed by atoms with Crippen LogP contribution in [0, 0.1) is 0 Å². The number of ether oxygens (including phenoxy) is 2. The molecule has 164 valence electrons. The van der Waals surface area contributed by atoms with Crippen LogP contribution in [0.15, 0.2) is 59.5 Å². The van der Waals surface area contributed by atoms with Gasteiger partial charge in [0.15, 0.2) is 11.5 Å². The second kappa shape index (κ2) is 8.57. The molecule has 0 aliphatic carbocycles. The number of nitrogens with zero attached hydrogens (tertiary/aromatic N) is 1. The number of ketones is 1. The van der Waals surface area contributed by atoms with Crippen molar-refractivity contribution < 1.29 is 29.3 Å². The number of thiophene rings is 1. The molecule has 0 radical (unpaired) electrons. The molecule has 2 N–H and O–H groups in total. The molecule has 7 nitrogen and oxygen atoms in total. The lowest BCUT2D eigenvalue weighted by atomic mass is 9.99. The van der Waals surface area contributed by atoms with Crippen LogP contribution in [-0.2, 0) is 9.59 Å². The number of aliphatic hydroxyl groups is 1. The monoisotopic (exact) mass is 471 g/mol. The number of carbonyl (C=O) groups is 2. The third-order valence-electron chi connectivity index (χ3n) is 5.11. The first-order valence-corrected chi connectivity index (χ1v) is 10.7. The summed E-state index contributed by atoms with van der Waals surface area (Å²) in [5, 5.41) is 23.6. The Balaban J connectivity index is 1.94. The number of rotatable bonds is 5. The van der Waals surface area contributed by atoms with Crippen molar-refractivity contribution in [2.75, 3.05) is 19.1 Å². The number of aliphatic hydroxyl groups excluding tert-OH is 1. The van der Waals surface area contributed by atoms with Gasteiger partial charge in [0.2, 0.25) is 0 Å². The molecule has 3 aromatic rings. The number of phenols is 1. The summed E-state index contributed by atoms with van der Waals surface area (Å²) in [7, 11) is 2.94. The Hall–Kier alpha value is -3.49. The van der Waals surface area contributed by atoms with E-state index in [1.165, 1.54) is 49.8 Å². The molecule has 1 amide bonds. The number of aromatic hydroxyl groups is 1. The maximum atomic E-state index is 13.1. The van der Waals surface area contributed by atoms with Crippen LogP contribution in [0.25, 0.3) is 5.76 Å². The first kappa shape index (κ1) is 21.7. The van der Waals surface area contributed by atoms with Gasteiger partial charge in [0.05, 0.1) is 25.5 Å². The van der Waals surface area contributed by atoms with Crippen molar-refractivity contribution in [1.82, 2.24) is 0 Å². The fourth-order valence-electron chi connectivity index (χ4n) is 3.63. The number of carbonyl (C=O) groups excluding carboxylic acids is 2. The average molecular weight is 472 g/mol. The summed E-state index contributed by atoms with van der Waals surface area (Å²) in [5.41, 5.74) is 0.242. The number of hydrogen-bond donors (Lipinski definition) is 2. The maximum absolute atomic E-state index is 13.1. The predicted octanol–water partition coefficient (Wildman–Crippen LogP) is 4.75. The van der Waals surface area contributed by atoms with Crippen molar-refractivity contribution in [2.45, 2.75) is 6.04 Å². The van der Waals surface area contributed by atoms with Gasteiger partial charge in [-0.25, -0.2) is 0 Å². The van der Waals surface area contributed by atoms with Crippen LogP contribution in [0.5, 0.6) is 17.2 Å². The van der Waals surface area contributed by atoms with Crippen LogP contribution >= 0.6 is 22.9 Å². The fourth-order valence-corrected chi connectivity index (χ4v) is 4.62. The van der Waals surface area contributed by atoms with Crippen molar-refractivity contribution in [3.05, 3.63) is 74.9 Å². The highest BCUT2D eigenvalue weighted by Crippen LogP contribution is 2.46. The van der Waals surface area contributed by atoms with Crippen molar-refractivity contribution in [3.8, 4) is 17.2 Å². The van der Waals surface area contributed by atoms with Crippen LogP contribution in [0.4, 0.5) is 5.69 Å². The number of hydrogen-bond acceptors (Lipinski definition) is 7. The minimum Gasteiger partial charge on any atom is -0.507 e. The summed E-state index contributed by atoms with van der Waals surface area (Å²) in [6, 6.07) is 11.5. The molecule has 1 fully saturated rings. The molecular formula is C23H18ClNO6S. The van der Waals surface area contributed by atoms with Crippen molar-refractivity contribution >= 4 is 46.1 Å². The molecule has 4 rings (SSSR count). The van der Waals surface area contributed by atoms with Crippen molar-refractivity contribution in [1.29, 1.82) is 0 Å². The quantitative estimate of drug-likeness (QED) is 0.316. The van der Waals surface area contributed by atoms with Gasteiger partial charge < -0.3 is 19.7 Å². The van der Waals surface area contributed by atoms with E-state index in [-0.39, 0.29) is 33.4 Å². The van der Waals surface area contributed by atoms with Crippen molar-refractivity contribution in [2.24, 2.45) is 0 Å². The summed E-state index contributed by atoms with van der Waals surface area (Å²) in [6.07, 6.45) is 0. The fraction of sp³-hybridized carbons (Fsp3) is 0.130. The van der Waals surface area contributed by atoms with E-state index in [9.17, 15) is 19.8 Å². The molecule has 1 saturated heterocycles. The topological polar surface area (TPSA) is 96.3 Å². The average Bonchev–Trinajstić information content (AvgIpc) is 3.41. The van der Waals surface area contributed by atoms with E-state index >= 15 is 0 Å². The van der Waals surface area contributed by atoms with E-state index in [1.54, 1.807) is 29.6 Å². The maximum Gasteiger partial charge on any atom is 0.300 e. The molecule has 32 heavy (non-hydrogen) atoms. The van der Waals surface area contributed by atoms with Crippen LogP contribution in [0.1, 0.15) is 16.5 Å². The third-order valence-corrected chi connectivity index (χ3v) is 6.27. The number of Topliss-reactive ketones (excluding diaryl/α,β-unsaturated/α-hetero) is 1. The second-order valence-corrected chi connectivity index (χ2v) is 8.30. The summed E-state index contributed by atoms with van der Waals surface area (Å²) >= 11 is 7.40. The normalized spacial score (nSPS) is 17.6. The standard InChI is InChI=1S/C23H18ClNO6S/c1-30-16-8-5-12(10-17(16)31-2)21(27)19-20(18-4-3-9-32-18)25(23(29)22(19)28)14-11-13(24)6-7-15(14)26/h3-11,20,26-27H,1-2H3/b21-19-. The summed E-state index contributed by atoms with van der Waals surface area (Å²) in [5.74, 6) is -1.55. The number of anilines is 1. The molecule has 1 aliphatic heterocycles. The lowest BCUT2D eigenvalue weighted by Gasteiger charge is -2.25. The van der Waals surface area contributed by atoms with E-state index in [1.807, 2.05) is 0 Å². The first-order chi connectivity index (χ1) is 15.4. The number of phenolic OH excluding ortho intramolecular Hbond substituents is 1. The molecule has 0 bridgehead atoms. The van der Waals surface area contributed by atoms with Crippen LogP contribution < -0.4 is 14.4 Å². The second-order valence-electron chi connectivity index (χ2n) is 6.89. The van der Waals surface area contributed by atoms with Gasteiger partial charge in [-0.1, -0.05) is 17.7 Å². The molecule has 1 aromatic heterocycles. The lowest BCUT2D eigenvalue weighted by Crippen LogP contribution is -2.29. The number of benzene rings is 2. The molecule has 1 aliphatic rings. The predicted molar refractivity (Wildman–Crippen MR) is 122 cm³/mol. The van der Waals surface area contributed by atoms with Gasteiger partial charge in [0.25, 0.3) is 11.7 Å². The zero-order chi connectivity index (χ0) is 23.0. The summed E-state index contributed by atoms with van der Waals surface area (Å²) < 4.78 is 10.5. The Morgan fingerprint density at radius 3 is 2.47 bits per heavy atom.